The number of pyridine rings is 1. The van der Waals surface area contributed by atoms with E-state index in [0.29, 0.717) is 32.1 Å². The Morgan fingerprint density at radius 2 is 2.00 bits per heavy atom. The molecule has 100 valence electrons. The lowest BCUT2D eigenvalue weighted by molar-refractivity contribution is 0.0189. The van der Waals surface area contributed by atoms with Gasteiger partial charge in [-0.25, -0.2) is 4.79 Å². The SMILES string of the molecule is COCCOCCOCc1ncccc1C(=O)O. The molecule has 0 spiro atoms. The number of hydrogen-bond acceptors (Lipinski definition) is 5. The third kappa shape index (κ3) is 5.22. The average molecular weight is 255 g/mol. The summed E-state index contributed by atoms with van der Waals surface area (Å²) >= 11 is 0. The molecule has 0 unspecified atom stereocenters. The molecule has 0 aromatic carbocycles. The molecule has 0 aliphatic carbocycles. The van der Waals surface area contributed by atoms with Crippen LogP contribution in [0, 0.1) is 0 Å². The topological polar surface area (TPSA) is 77.9 Å². The summed E-state index contributed by atoms with van der Waals surface area (Å²) in [5.41, 5.74) is 0.583. The van der Waals surface area contributed by atoms with Crippen LogP contribution in [-0.2, 0) is 20.8 Å². The maximum atomic E-state index is 10.9. The maximum absolute atomic E-state index is 10.9. The first-order valence-corrected chi connectivity index (χ1v) is 5.57. The second-order valence-electron chi connectivity index (χ2n) is 3.46. The summed E-state index contributed by atoms with van der Waals surface area (Å²) in [5, 5.41) is 8.93. The van der Waals surface area contributed by atoms with E-state index in [9.17, 15) is 4.79 Å². The van der Waals surface area contributed by atoms with Gasteiger partial charge in [-0.05, 0) is 12.1 Å². The molecule has 1 N–H and O–H groups in total. The third-order valence-corrected chi connectivity index (χ3v) is 2.16. The van der Waals surface area contributed by atoms with Crippen molar-refractivity contribution in [1.29, 1.82) is 0 Å². The number of rotatable bonds is 9. The fourth-order valence-corrected chi connectivity index (χ4v) is 1.28. The van der Waals surface area contributed by atoms with Crippen LogP contribution in [0.3, 0.4) is 0 Å². The van der Waals surface area contributed by atoms with Crippen LogP contribution in [0.5, 0.6) is 0 Å². The fourth-order valence-electron chi connectivity index (χ4n) is 1.28. The number of carbonyl (C=O) groups is 1. The normalized spacial score (nSPS) is 10.5. The van der Waals surface area contributed by atoms with Crippen molar-refractivity contribution in [3.63, 3.8) is 0 Å². The van der Waals surface area contributed by atoms with Gasteiger partial charge in [-0.15, -0.1) is 0 Å². The lowest BCUT2D eigenvalue weighted by Crippen LogP contribution is -2.10. The molecular formula is C12H17NO5. The lowest BCUT2D eigenvalue weighted by atomic mass is 10.2. The summed E-state index contributed by atoms with van der Waals surface area (Å²) in [4.78, 5) is 14.9. The molecule has 1 heterocycles. The van der Waals surface area contributed by atoms with Gasteiger partial charge in [-0.1, -0.05) is 0 Å². The molecule has 6 heteroatoms. The Balaban J connectivity index is 2.25. The third-order valence-electron chi connectivity index (χ3n) is 2.16. The van der Waals surface area contributed by atoms with E-state index in [1.807, 2.05) is 0 Å². The minimum Gasteiger partial charge on any atom is -0.478 e. The molecule has 0 amide bonds. The zero-order chi connectivity index (χ0) is 13.2. The zero-order valence-corrected chi connectivity index (χ0v) is 10.3. The first kappa shape index (κ1) is 14.6. The molecule has 18 heavy (non-hydrogen) atoms. The second kappa shape index (κ2) is 8.57. The van der Waals surface area contributed by atoms with Crippen molar-refractivity contribution in [2.45, 2.75) is 6.61 Å². The van der Waals surface area contributed by atoms with Gasteiger partial charge in [0.15, 0.2) is 0 Å². The predicted octanol–water partition coefficient (Wildman–Crippen LogP) is 0.959. The van der Waals surface area contributed by atoms with Crippen molar-refractivity contribution in [2.75, 3.05) is 33.5 Å². The molecule has 1 aromatic heterocycles. The summed E-state index contributed by atoms with van der Waals surface area (Å²) in [5.74, 6) is -1.00. The molecule has 0 fully saturated rings. The van der Waals surface area contributed by atoms with E-state index in [2.05, 4.69) is 4.98 Å². The van der Waals surface area contributed by atoms with Crippen LogP contribution in [0.15, 0.2) is 18.3 Å². The maximum Gasteiger partial charge on any atom is 0.337 e. The number of aromatic carboxylic acids is 1. The standard InChI is InChI=1S/C12H17NO5/c1-16-5-6-17-7-8-18-9-11-10(12(14)15)3-2-4-13-11/h2-4H,5-9H2,1H3,(H,14,15). The Hall–Kier alpha value is -1.50. The second-order valence-corrected chi connectivity index (χ2v) is 3.46. The van der Waals surface area contributed by atoms with Crippen molar-refractivity contribution in [2.24, 2.45) is 0 Å². The molecule has 1 rings (SSSR count). The van der Waals surface area contributed by atoms with Gasteiger partial charge in [-0.3, -0.25) is 4.98 Å². The van der Waals surface area contributed by atoms with Crippen molar-refractivity contribution >= 4 is 5.97 Å². The molecular weight excluding hydrogens is 238 g/mol. The summed E-state index contributed by atoms with van der Waals surface area (Å²) in [7, 11) is 1.61. The number of methoxy groups -OCH3 is 1. The molecule has 0 saturated carbocycles. The van der Waals surface area contributed by atoms with Crippen molar-refractivity contribution in [3.05, 3.63) is 29.6 Å². The highest BCUT2D eigenvalue weighted by Gasteiger charge is 2.09. The Labute approximate surface area is 106 Å². The minimum absolute atomic E-state index is 0.163. The first-order chi connectivity index (χ1) is 8.75. The number of hydrogen-bond donors (Lipinski definition) is 1. The molecule has 0 radical (unpaired) electrons. The highest BCUT2D eigenvalue weighted by atomic mass is 16.5. The van der Waals surface area contributed by atoms with E-state index in [4.69, 9.17) is 19.3 Å². The van der Waals surface area contributed by atoms with E-state index in [0.717, 1.165) is 0 Å². The molecule has 0 atom stereocenters. The summed E-state index contributed by atoms with van der Waals surface area (Å²) in [6, 6.07) is 3.09. The Morgan fingerprint density at radius 3 is 2.72 bits per heavy atom. The number of ether oxygens (including phenoxy) is 3. The minimum atomic E-state index is -1.00. The van der Waals surface area contributed by atoms with Gasteiger partial charge in [-0.2, -0.15) is 0 Å². The average Bonchev–Trinajstić information content (AvgIpc) is 2.38. The zero-order valence-electron chi connectivity index (χ0n) is 10.3. The van der Waals surface area contributed by atoms with E-state index < -0.39 is 5.97 Å². The van der Waals surface area contributed by atoms with Crippen LogP contribution in [0.2, 0.25) is 0 Å². The van der Waals surface area contributed by atoms with Crippen molar-refractivity contribution in [1.82, 2.24) is 4.98 Å². The number of carboxylic acid groups (broad SMARTS) is 1. The number of aromatic nitrogens is 1. The lowest BCUT2D eigenvalue weighted by Gasteiger charge is -2.07. The van der Waals surface area contributed by atoms with Crippen LogP contribution in [0.1, 0.15) is 16.1 Å². The molecule has 0 aliphatic rings. The van der Waals surface area contributed by atoms with Gasteiger partial charge in [0.25, 0.3) is 0 Å². The van der Waals surface area contributed by atoms with Crippen LogP contribution in [0.25, 0.3) is 0 Å². The molecule has 1 aromatic rings. The smallest absolute Gasteiger partial charge is 0.337 e. The largest absolute Gasteiger partial charge is 0.478 e. The monoisotopic (exact) mass is 255 g/mol. The van der Waals surface area contributed by atoms with Crippen LogP contribution < -0.4 is 0 Å². The fraction of sp³-hybridized carbons (Fsp3) is 0.500. The van der Waals surface area contributed by atoms with Gasteiger partial charge in [0.2, 0.25) is 0 Å². The summed E-state index contributed by atoms with van der Waals surface area (Å²) < 4.78 is 15.3. The van der Waals surface area contributed by atoms with Gasteiger partial charge < -0.3 is 19.3 Å². The number of carboxylic acids is 1. The molecule has 0 bridgehead atoms. The number of nitrogens with zero attached hydrogens (tertiary/aromatic N) is 1. The summed E-state index contributed by atoms with van der Waals surface area (Å²) in [6.07, 6.45) is 1.54. The van der Waals surface area contributed by atoms with Crippen LogP contribution >= 0.6 is 0 Å². The Bertz CT molecular complexity index is 369. The highest BCUT2D eigenvalue weighted by Crippen LogP contribution is 2.06. The predicted molar refractivity (Wildman–Crippen MR) is 63.5 cm³/mol. The molecule has 6 nitrogen and oxygen atoms in total. The quantitative estimate of drug-likeness (QED) is 0.662. The van der Waals surface area contributed by atoms with E-state index in [-0.39, 0.29) is 12.2 Å². The van der Waals surface area contributed by atoms with Gasteiger partial charge >= 0.3 is 5.97 Å². The Kier molecular flexibility index (Phi) is 6.93. The Morgan fingerprint density at radius 1 is 1.28 bits per heavy atom. The molecule has 0 saturated heterocycles. The van der Waals surface area contributed by atoms with Crippen molar-refractivity contribution < 1.29 is 24.1 Å². The summed E-state index contributed by atoms with van der Waals surface area (Å²) in [6.45, 7) is 2.06. The van der Waals surface area contributed by atoms with Gasteiger partial charge in [0.1, 0.15) is 0 Å². The molecule has 0 aliphatic heterocycles. The van der Waals surface area contributed by atoms with E-state index >= 15 is 0 Å². The van der Waals surface area contributed by atoms with E-state index in [1.54, 1.807) is 19.4 Å². The van der Waals surface area contributed by atoms with Gasteiger partial charge in [0, 0.05) is 13.3 Å². The van der Waals surface area contributed by atoms with Crippen molar-refractivity contribution in [3.8, 4) is 0 Å². The van der Waals surface area contributed by atoms with Crippen LogP contribution in [-0.4, -0.2) is 49.6 Å². The van der Waals surface area contributed by atoms with Gasteiger partial charge in [0.05, 0.1) is 44.3 Å². The first-order valence-electron chi connectivity index (χ1n) is 5.57. The van der Waals surface area contributed by atoms with E-state index in [1.165, 1.54) is 6.07 Å². The van der Waals surface area contributed by atoms with Crippen LogP contribution in [0.4, 0.5) is 0 Å². The highest BCUT2D eigenvalue weighted by molar-refractivity contribution is 5.88.